The topological polar surface area (TPSA) is 122 Å². The van der Waals surface area contributed by atoms with Crippen LogP contribution in [0.2, 0.25) is 5.02 Å². The van der Waals surface area contributed by atoms with E-state index in [1.165, 1.54) is 7.11 Å². The Hall–Kier alpha value is -3.39. The standard InChI is InChI=1S/C32H36ClF2N7O4/c1-31(43)14-41(8-9-45-15-31)28-24-27(38-30(39-28)46-16-32-6-3-7-42(32)13-18(34)11-32)25(35)26(37-29(24)44-2)23-19-12-36-40-21(19)10-20(33)22(23)17-4-5-17/h10,12,17-18,43H,3-9,11,13-16H2,1-2H3,(H,36,40). The molecule has 3 saturated heterocycles. The molecule has 3 atom stereocenters. The molecule has 46 heavy (non-hydrogen) atoms. The van der Waals surface area contributed by atoms with Crippen molar-refractivity contribution in [2.45, 2.75) is 62.3 Å². The molecule has 0 radical (unpaired) electrons. The predicted octanol–water partition coefficient (Wildman–Crippen LogP) is 4.79. The molecule has 2 N–H and O–H groups in total. The summed E-state index contributed by atoms with van der Waals surface area (Å²) in [6.45, 7) is 4.00. The van der Waals surface area contributed by atoms with Crippen molar-refractivity contribution >= 4 is 39.2 Å². The van der Waals surface area contributed by atoms with Crippen LogP contribution in [0.5, 0.6) is 11.9 Å². The fraction of sp³-hybridized carbons (Fsp3) is 0.562. The van der Waals surface area contributed by atoms with Gasteiger partial charge >= 0.3 is 6.01 Å². The monoisotopic (exact) mass is 655 g/mol. The maximum Gasteiger partial charge on any atom is 0.319 e. The van der Waals surface area contributed by atoms with Crippen molar-refractivity contribution in [2.75, 3.05) is 58.0 Å². The molecule has 3 aliphatic heterocycles. The molecular weight excluding hydrogens is 620 g/mol. The second-order valence-electron chi connectivity index (χ2n) is 13.4. The molecule has 1 aliphatic carbocycles. The normalized spacial score (nSPS) is 27.0. The number of fused-ring (bicyclic) bond motifs is 3. The summed E-state index contributed by atoms with van der Waals surface area (Å²) in [4.78, 5) is 18.1. The zero-order valence-corrected chi connectivity index (χ0v) is 26.5. The van der Waals surface area contributed by atoms with Crippen LogP contribution in [-0.4, -0.2) is 106 Å². The van der Waals surface area contributed by atoms with Crippen LogP contribution in [0.4, 0.5) is 14.6 Å². The number of aromatic amines is 1. The third-order valence-electron chi connectivity index (χ3n) is 9.84. The van der Waals surface area contributed by atoms with Crippen LogP contribution in [0.1, 0.15) is 50.5 Å². The van der Waals surface area contributed by atoms with Crippen LogP contribution >= 0.6 is 11.6 Å². The average molecular weight is 656 g/mol. The number of alkyl halides is 1. The number of pyridine rings is 1. The largest absolute Gasteiger partial charge is 0.480 e. The number of nitrogens with one attached hydrogen (secondary N) is 1. The summed E-state index contributed by atoms with van der Waals surface area (Å²) in [7, 11) is 1.47. The maximum atomic E-state index is 17.2. The predicted molar refractivity (Wildman–Crippen MR) is 168 cm³/mol. The minimum absolute atomic E-state index is 0.0403. The molecule has 4 aliphatic rings. The fourth-order valence-electron chi connectivity index (χ4n) is 7.64. The molecule has 14 heteroatoms. The van der Waals surface area contributed by atoms with Crippen LogP contribution < -0.4 is 14.4 Å². The highest BCUT2D eigenvalue weighted by Gasteiger charge is 2.49. The fourth-order valence-corrected chi connectivity index (χ4v) is 8.00. The summed E-state index contributed by atoms with van der Waals surface area (Å²) in [5, 5.41) is 19.6. The van der Waals surface area contributed by atoms with E-state index in [-0.39, 0.29) is 54.2 Å². The van der Waals surface area contributed by atoms with Gasteiger partial charge in [-0.3, -0.25) is 10.00 Å². The van der Waals surface area contributed by atoms with Gasteiger partial charge in [-0.25, -0.2) is 13.8 Å². The molecule has 11 nitrogen and oxygen atoms in total. The smallest absolute Gasteiger partial charge is 0.319 e. The van der Waals surface area contributed by atoms with Crippen LogP contribution in [-0.2, 0) is 4.74 Å². The minimum Gasteiger partial charge on any atom is -0.480 e. The molecule has 0 bridgehead atoms. The highest BCUT2D eigenvalue weighted by Crippen LogP contribution is 2.51. The van der Waals surface area contributed by atoms with Crippen molar-refractivity contribution in [3.8, 4) is 23.1 Å². The number of ether oxygens (including phenoxy) is 3. The quantitative estimate of drug-likeness (QED) is 0.287. The molecule has 0 spiro atoms. The lowest BCUT2D eigenvalue weighted by atomic mass is 9.95. The lowest BCUT2D eigenvalue weighted by molar-refractivity contribution is -0.0123. The van der Waals surface area contributed by atoms with Crippen LogP contribution in [0.15, 0.2) is 12.3 Å². The van der Waals surface area contributed by atoms with E-state index in [1.807, 2.05) is 11.0 Å². The van der Waals surface area contributed by atoms with Crippen molar-refractivity contribution < 1.29 is 28.1 Å². The lowest BCUT2D eigenvalue weighted by Gasteiger charge is -2.31. The summed E-state index contributed by atoms with van der Waals surface area (Å²) < 4.78 is 49.5. The molecule has 4 fully saturated rings. The SMILES string of the molecule is COc1nc(-c2c(C3CC3)c(Cl)cc3[nH]ncc23)c(F)c2nc(OCC34CCCN3CC(F)C4)nc(N3CCOCC(C)(O)C3)c12. The zero-order chi connectivity index (χ0) is 31.8. The van der Waals surface area contributed by atoms with Gasteiger partial charge in [-0.1, -0.05) is 11.6 Å². The number of nitrogens with zero attached hydrogens (tertiary/aromatic N) is 6. The number of rotatable bonds is 7. The van der Waals surface area contributed by atoms with Gasteiger partial charge in [0.1, 0.15) is 40.8 Å². The van der Waals surface area contributed by atoms with Gasteiger partial charge in [0.25, 0.3) is 0 Å². The van der Waals surface area contributed by atoms with Gasteiger partial charge < -0.3 is 24.2 Å². The van der Waals surface area contributed by atoms with Crippen molar-refractivity contribution in [2.24, 2.45) is 0 Å². The molecule has 6 heterocycles. The molecule has 1 aromatic carbocycles. The van der Waals surface area contributed by atoms with Crippen molar-refractivity contribution in [3.05, 3.63) is 28.7 Å². The summed E-state index contributed by atoms with van der Waals surface area (Å²) in [5.41, 5.74) is 0.364. The molecule has 4 aromatic rings. The summed E-state index contributed by atoms with van der Waals surface area (Å²) in [5.74, 6) is -0.0896. The Morgan fingerprint density at radius 2 is 2.09 bits per heavy atom. The van der Waals surface area contributed by atoms with E-state index in [2.05, 4.69) is 20.1 Å². The van der Waals surface area contributed by atoms with Gasteiger partial charge in [-0.2, -0.15) is 15.1 Å². The third kappa shape index (κ3) is 5.02. The Morgan fingerprint density at radius 3 is 2.89 bits per heavy atom. The molecule has 0 amide bonds. The Bertz CT molecular complexity index is 1840. The van der Waals surface area contributed by atoms with E-state index in [0.29, 0.717) is 53.4 Å². The maximum absolute atomic E-state index is 17.2. The Morgan fingerprint density at radius 1 is 1.24 bits per heavy atom. The number of aliphatic hydroxyl groups is 1. The lowest BCUT2D eigenvalue weighted by Crippen LogP contribution is -2.44. The summed E-state index contributed by atoms with van der Waals surface area (Å²) >= 11 is 6.80. The first-order valence-corrected chi connectivity index (χ1v) is 16.2. The number of H-pyrrole nitrogens is 1. The second-order valence-corrected chi connectivity index (χ2v) is 13.8. The average Bonchev–Trinajstić information content (AvgIpc) is 3.56. The number of hydrogen-bond acceptors (Lipinski definition) is 10. The number of anilines is 1. The first-order valence-electron chi connectivity index (χ1n) is 15.8. The van der Waals surface area contributed by atoms with Gasteiger partial charge in [0.05, 0.1) is 44.1 Å². The van der Waals surface area contributed by atoms with Gasteiger partial charge in [-0.05, 0) is 56.7 Å². The zero-order valence-electron chi connectivity index (χ0n) is 25.8. The molecule has 3 unspecified atom stereocenters. The molecular formula is C32H36ClF2N7O4. The van der Waals surface area contributed by atoms with Crippen LogP contribution in [0.25, 0.3) is 33.1 Å². The number of aromatic nitrogens is 5. The number of benzene rings is 1. The second kappa shape index (κ2) is 11.1. The van der Waals surface area contributed by atoms with Gasteiger partial charge in [0, 0.05) is 35.5 Å². The van der Waals surface area contributed by atoms with Crippen molar-refractivity contribution in [3.63, 3.8) is 0 Å². The van der Waals surface area contributed by atoms with E-state index in [1.54, 1.807) is 13.1 Å². The number of methoxy groups -OCH3 is 1. The third-order valence-corrected chi connectivity index (χ3v) is 10.2. The van der Waals surface area contributed by atoms with Crippen molar-refractivity contribution in [1.82, 2.24) is 30.0 Å². The van der Waals surface area contributed by atoms with Crippen LogP contribution in [0, 0.1) is 5.82 Å². The van der Waals surface area contributed by atoms with E-state index in [0.717, 1.165) is 37.8 Å². The Kier molecular flexibility index (Phi) is 7.24. The number of hydrogen-bond donors (Lipinski definition) is 2. The van der Waals surface area contributed by atoms with Gasteiger partial charge in [0.15, 0.2) is 5.82 Å². The Labute approximate surface area is 269 Å². The van der Waals surface area contributed by atoms with E-state index in [9.17, 15) is 9.50 Å². The molecule has 244 valence electrons. The van der Waals surface area contributed by atoms with Crippen molar-refractivity contribution in [1.29, 1.82) is 0 Å². The Balaban J connectivity index is 1.32. The van der Waals surface area contributed by atoms with Crippen LogP contribution in [0.3, 0.4) is 0 Å². The van der Waals surface area contributed by atoms with Gasteiger partial charge in [0.2, 0.25) is 5.88 Å². The van der Waals surface area contributed by atoms with E-state index in [4.69, 9.17) is 35.8 Å². The van der Waals surface area contributed by atoms with E-state index >= 15 is 4.39 Å². The molecule has 3 aromatic heterocycles. The first kappa shape index (κ1) is 30.0. The number of β-amino-alcohol motifs (C(OH)–C–C–N with tert-alkyl or cyclic N) is 1. The summed E-state index contributed by atoms with van der Waals surface area (Å²) in [6.07, 6.45) is 4.71. The minimum atomic E-state index is -1.20. The highest BCUT2D eigenvalue weighted by molar-refractivity contribution is 6.33. The highest BCUT2D eigenvalue weighted by atomic mass is 35.5. The molecule has 8 rings (SSSR count). The first-order chi connectivity index (χ1) is 22.2. The number of halogens is 3. The molecule has 1 saturated carbocycles. The van der Waals surface area contributed by atoms with Gasteiger partial charge in [-0.15, -0.1) is 0 Å². The summed E-state index contributed by atoms with van der Waals surface area (Å²) in [6, 6.07) is 1.77. The van der Waals surface area contributed by atoms with E-state index < -0.39 is 23.1 Å².